The molecule has 100 valence electrons. The van der Waals surface area contributed by atoms with Crippen molar-refractivity contribution in [3.8, 4) is 11.8 Å². The van der Waals surface area contributed by atoms with Crippen molar-refractivity contribution in [2.45, 2.75) is 13.3 Å². The van der Waals surface area contributed by atoms with Crippen molar-refractivity contribution in [3.63, 3.8) is 0 Å². The summed E-state index contributed by atoms with van der Waals surface area (Å²) in [6, 6.07) is 3.67. The Balaban J connectivity index is 2.69. The zero-order chi connectivity index (χ0) is 14.3. The minimum Gasteiger partial charge on any atom is -0.478 e. The molecule has 0 aromatic heterocycles. The first kappa shape index (κ1) is 14.9. The summed E-state index contributed by atoms with van der Waals surface area (Å²) in [6.45, 7) is 2.10. The predicted octanol–water partition coefficient (Wildman–Crippen LogP) is 2.57. The van der Waals surface area contributed by atoms with Crippen LogP contribution in [0.5, 0.6) is 0 Å². The summed E-state index contributed by atoms with van der Waals surface area (Å²) in [5.74, 6) is 4.37. The molecule has 0 atom stereocenters. The summed E-state index contributed by atoms with van der Waals surface area (Å²) in [7, 11) is 0. The lowest BCUT2D eigenvalue weighted by molar-refractivity contribution is 0.0698. The van der Waals surface area contributed by atoms with E-state index in [4.69, 9.17) is 16.7 Å². The molecule has 0 unspecified atom stereocenters. The fourth-order valence-electron chi connectivity index (χ4n) is 1.34. The lowest BCUT2D eigenvalue weighted by Gasteiger charge is -2.09. The van der Waals surface area contributed by atoms with Gasteiger partial charge in [0.1, 0.15) is 0 Å². The summed E-state index contributed by atoms with van der Waals surface area (Å²) in [5, 5.41) is 14.3. The molecule has 6 heteroatoms. The molecule has 1 aromatic carbocycles. The summed E-state index contributed by atoms with van der Waals surface area (Å²) < 4.78 is 0. The predicted molar refractivity (Wildman–Crippen MR) is 73.5 cm³/mol. The van der Waals surface area contributed by atoms with Crippen molar-refractivity contribution in [3.05, 3.63) is 28.8 Å². The van der Waals surface area contributed by atoms with Gasteiger partial charge < -0.3 is 15.7 Å². The number of urea groups is 1. The monoisotopic (exact) mass is 280 g/mol. The van der Waals surface area contributed by atoms with E-state index in [9.17, 15) is 9.59 Å². The molecule has 0 aliphatic carbocycles. The topological polar surface area (TPSA) is 78.4 Å². The minimum atomic E-state index is -1.14. The highest BCUT2D eigenvalue weighted by Crippen LogP contribution is 2.21. The Morgan fingerprint density at radius 2 is 2.16 bits per heavy atom. The normalized spacial score (nSPS) is 9.16. The number of benzene rings is 1. The molecule has 3 N–H and O–H groups in total. The van der Waals surface area contributed by atoms with E-state index < -0.39 is 12.0 Å². The average molecular weight is 281 g/mol. The third kappa shape index (κ3) is 4.90. The standard InChI is InChI=1S/C13H13ClN2O3/c1-2-3-4-7-15-13(19)16-11-8-9(14)5-6-10(11)12(17)18/h5-6,8H,4,7H2,1H3,(H,17,18)(H2,15,16,19). The Labute approximate surface area is 116 Å². The Morgan fingerprint density at radius 1 is 1.42 bits per heavy atom. The van der Waals surface area contributed by atoms with Gasteiger partial charge in [-0.25, -0.2) is 9.59 Å². The van der Waals surface area contributed by atoms with Crippen LogP contribution in [0.1, 0.15) is 23.7 Å². The number of halogens is 1. The lowest BCUT2D eigenvalue weighted by Crippen LogP contribution is -2.30. The van der Waals surface area contributed by atoms with Gasteiger partial charge in [0.15, 0.2) is 0 Å². The molecule has 0 radical (unpaired) electrons. The molecule has 0 aliphatic heterocycles. The van der Waals surface area contributed by atoms with E-state index >= 15 is 0 Å². The van der Waals surface area contributed by atoms with Crippen molar-refractivity contribution in [2.24, 2.45) is 0 Å². The Kier molecular flexibility index (Phi) is 5.71. The molecule has 0 aliphatic rings. The van der Waals surface area contributed by atoms with Crippen molar-refractivity contribution in [2.75, 3.05) is 11.9 Å². The molecule has 0 fully saturated rings. The lowest BCUT2D eigenvalue weighted by atomic mass is 10.2. The average Bonchev–Trinajstić information content (AvgIpc) is 2.34. The maximum Gasteiger partial charge on any atom is 0.337 e. The van der Waals surface area contributed by atoms with Crippen molar-refractivity contribution in [1.29, 1.82) is 0 Å². The molecule has 5 nitrogen and oxygen atoms in total. The third-order valence-electron chi connectivity index (χ3n) is 2.17. The number of aromatic carboxylic acids is 1. The second-order valence-corrected chi connectivity index (χ2v) is 3.99. The number of rotatable bonds is 4. The largest absolute Gasteiger partial charge is 0.478 e. The smallest absolute Gasteiger partial charge is 0.337 e. The molecular weight excluding hydrogens is 268 g/mol. The van der Waals surface area contributed by atoms with Crippen LogP contribution in [-0.2, 0) is 0 Å². The molecule has 1 aromatic rings. The summed E-state index contributed by atoms with van der Waals surface area (Å²) in [5.41, 5.74) is 0.131. The molecule has 0 saturated heterocycles. The second kappa shape index (κ2) is 7.29. The van der Waals surface area contributed by atoms with Gasteiger partial charge in [0.05, 0.1) is 11.3 Å². The van der Waals surface area contributed by atoms with Gasteiger partial charge in [-0.05, 0) is 25.1 Å². The molecule has 0 saturated carbocycles. The Hall–Kier alpha value is -2.19. The van der Waals surface area contributed by atoms with Crippen molar-refractivity contribution in [1.82, 2.24) is 5.32 Å². The van der Waals surface area contributed by atoms with E-state index in [1.807, 2.05) is 0 Å². The highest BCUT2D eigenvalue weighted by atomic mass is 35.5. The maximum absolute atomic E-state index is 11.6. The van der Waals surface area contributed by atoms with Crippen LogP contribution in [0.4, 0.5) is 10.5 Å². The summed E-state index contributed by atoms with van der Waals surface area (Å²) in [6.07, 6.45) is 0.533. The van der Waals surface area contributed by atoms with E-state index in [1.165, 1.54) is 18.2 Å². The fraction of sp³-hybridized carbons (Fsp3) is 0.231. The highest BCUT2D eigenvalue weighted by molar-refractivity contribution is 6.31. The van der Waals surface area contributed by atoms with E-state index in [0.717, 1.165) is 0 Å². The van der Waals surface area contributed by atoms with Gasteiger partial charge >= 0.3 is 12.0 Å². The highest BCUT2D eigenvalue weighted by Gasteiger charge is 2.12. The van der Waals surface area contributed by atoms with E-state index in [0.29, 0.717) is 18.0 Å². The molecule has 0 heterocycles. The summed E-state index contributed by atoms with van der Waals surface area (Å²) >= 11 is 5.77. The first-order valence-electron chi connectivity index (χ1n) is 5.52. The van der Waals surface area contributed by atoms with Crippen LogP contribution in [-0.4, -0.2) is 23.7 Å². The number of carboxylic acids is 1. The van der Waals surface area contributed by atoms with Gasteiger partial charge in [0, 0.05) is 18.0 Å². The zero-order valence-corrected chi connectivity index (χ0v) is 11.0. The summed E-state index contributed by atoms with van der Waals surface area (Å²) in [4.78, 5) is 22.5. The van der Waals surface area contributed by atoms with Gasteiger partial charge in [0.2, 0.25) is 0 Å². The number of nitrogens with one attached hydrogen (secondary N) is 2. The van der Waals surface area contributed by atoms with Crippen LogP contribution in [0.3, 0.4) is 0 Å². The van der Waals surface area contributed by atoms with E-state index in [2.05, 4.69) is 22.5 Å². The maximum atomic E-state index is 11.6. The van der Waals surface area contributed by atoms with Gasteiger partial charge in [-0.3, -0.25) is 0 Å². The molecule has 2 amide bonds. The van der Waals surface area contributed by atoms with Gasteiger partial charge in [-0.1, -0.05) is 11.6 Å². The third-order valence-corrected chi connectivity index (χ3v) is 2.41. The molecule has 19 heavy (non-hydrogen) atoms. The van der Waals surface area contributed by atoms with Gasteiger partial charge in [0.25, 0.3) is 0 Å². The SMILES string of the molecule is CC#CCCNC(=O)Nc1cc(Cl)ccc1C(=O)O. The number of hydrogen-bond acceptors (Lipinski definition) is 2. The number of carboxylic acid groups (broad SMARTS) is 1. The zero-order valence-electron chi connectivity index (χ0n) is 10.3. The van der Waals surface area contributed by atoms with Crippen LogP contribution in [0.15, 0.2) is 18.2 Å². The number of carbonyl (C=O) groups excluding carboxylic acids is 1. The van der Waals surface area contributed by atoms with Crippen LogP contribution < -0.4 is 10.6 Å². The van der Waals surface area contributed by atoms with E-state index in [-0.39, 0.29) is 11.3 Å². The van der Waals surface area contributed by atoms with Crippen LogP contribution >= 0.6 is 11.6 Å². The molecule has 0 bridgehead atoms. The van der Waals surface area contributed by atoms with Crippen LogP contribution in [0.2, 0.25) is 5.02 Å². The fourth-order valence-corrected chi connectivity index (χ4v) is 1.51. The number of hydrogen-bond donors (Lipinski definition) is 3. The number of anilines is 1. The quantitative estimate of drug-likeness (QED) is 0.586. The molecule has 1 rings (SSSR count). The van der Waals surface area contributed by atoms with Crippen LogP contribution in [0.25, 0.3) is 0 Å². The Bertz CT molecular complexity index is 547. The van der Waals surface area contributed by atoms with Gasteiger partial charge in [-0.2, -0.15) is 0 Å². The van der Waals surface area contributed by atoms with Gasteiger partial charge in [-0.15, -0.1) is 11.8 Å². The van der Waals surface area contributed by atoms with E-state index in [1.54, 1.807) is 6.92 Å². The minimum absolute atomic E-state index is 0.0205. The second-order valence-electron chi connectivity index (χ2n) is 3.55. The first-order chi connectivity index (χ1) is 9.04. The number of amides is 2. The van der Waals surface area contributed by atoms with Crippen molar-refractivity contribution < 1.29 is 14.7 Å². The molecule has 0 spiro atoms. The van der Waals surface area contributed by atoms with Crippen LogP contribution in [0, 0.1) is 11.8 Å². The Morgan fingerprint density at radius 3 is 2.79 bits per heavy atom. The first-order valence-corrected chi connectivity index (χ1v) is 5.89. The number of carbonyl (C=O) groups is 2. The van der Waals surface area contributed by atoms with Crippen molar-refractivity contribution >= 4 is 29.3 Å². The molecular formula is C13H13ClN2O3.